The predicted octanol–water partition coefficient (Wildman–Crippen LogP) is 4.73. The number of unbranched alkanes of at least 4 members (excludes halogenated alkanes) is 1. The molecule has 2 atom stereocenters. The van der Waals surface area contributed by atoms with Crippen LogP contribution in [0.5, 0.6) is 11.5 Å². The number of carbonyl (C=O) groups excluding carboxylic acids is 6. The number of H-pyrrole nitrogens is 1. The number of piperidine rings is 1. The third kappa shape index (κ3) is 7.78. The molecule has 2 aliphatic heterocycles. The van der Waals surface area contributed by atoms with Crippen molar-refractivity contribution in [1.29, 1.82) is 0 Å². The molecular formula is C41H37F2N7O8. The van der Waals surface area contributed by atoms with Gasteiger partial charge in [0.15, 0.2) is 11.6 Å². The summed E-state index contributed by atoms with van der Waals surface area (Å²) in [6.45, 7) is 1.62. The van der Waals surface area contributed by atoms with Crippen molar-refractivity contribution in [2.24, 2.45) is 7.05 Å². The molecule has 6 amide bonds. The summed E-state index contributed by atoms with van der Waals surface area (Å²) in [5.74, 6) is -5.21. The highest BCUT2D eigenvalue weighted by Gasteiger charge is 2.45. The average molecular weight is 794 g/mol. The molecule has 7 rings (SSSR count). The van der Waals surface area contributed by atoms with Crippen LogP contribution in [-0.4, -0.2) is 68.5 Å². The van der Waals surface area contributed by atoms with Gasteiger partial charge >= 0.3 is 0 Å². The Morgan fingerprint density at radius 2 is 1.72 bits per heavy atom. The molecule has 17 heteroatoms. The topological polar surface area (TPSA) is 201 Å². The lowest BCUT2D eigenvalue weighted by Gasteiger charge is -2.27. The Balaban J connectivity index is 1.04. The van der Waals surface area contributed by atoms with Gasteiger partial charge in [-0.25, -0.2) is 8.78 Å². The van der Waals surface area contributed by atoms with Crippen molar-refractivity contribution in [2.45, 2.75) is 51.1 Å². The van der Waals surface area contributed by atoms with Crippen molar-refractivity contribution < 1.29 is 42.3 Å². The molecule has 2 unspecified atom stereocenters. The number of anilines is 2. The van der Waals surface area contributed by atoms with E-state index < -0.39 is 59.2 Å². The van der Waals surface area contributed by atoms with E-state index in [0.717, 1.165) is 17.0 Å². The van der Waals surface area contributed by atoms with Gasteiger partial charge in [-0.15, -0.1) is 0 Å². The maximum absolute atomic E-state index is 14.7. The number of benzene rings is 3. The maximum Gasteiger partial charge on any atom is 0.274 e. The molecule has 5 aromatic rings. The molecule has 2 aromatic heterocycles. The van der Waals surface area contributed by atoms with Crippen molar-refractivity contribution in [2.75, 3.05) is 17.2 Å². The second-order valence-corrected chi connectivity index (χ2v) is 14.0. The molecule has 0 radical (unpaired) electrons. The molecule has 4 heterocycles. The van der Waals surface area contributed by atoms with E-state index in [4.69, 9.17) is 4.74 Å². The van der Waals surface area contributed by atoms with Gasteiger partial charge in [-0.05, 0) is 74.2 Å². The zero-order chi connectivity index (χ0) is 41.2. The first kappa shape index (κ1) is 39.1. The SMILES string of the molecule is CC(=O)NC(CCCCNc1cccc2c1C(=O)N(C1CCC(=O)NC1=O)C2=O)C(=O)Nc1ccc(Oc2ccc(F)cc2F)c(-c2cn(C)c(=O)c3[nH]ccc23)c1. The van der Waals surface area contributed by atoms with Crippen LogP contribution in [0.4, 0.5) is 20.2 Å². The number of nitrogens with zero attached hydrogens (tertiary/aromatic N) is 2. The van der Waals surface area contributed by atoms with Gasteiger partial charge in [0.05, 0.1) is 11.1 Å². The highest BCUT2D eigenvalue weighted by molar-refractivity contribution is 6.25. The number of amides is 6. The number of hydrogen-bond acceptors (Lipinski definition) is 9. The monoisotopic (exact) mass is 793 g/mol. The van der Waals surface area contributed by atoms with E-state index in [1.807, 2.05) is 0 Å². The molecule has 0 saturated carbocycles. The number of nitrogens with one attached hydrogen (secondary N) is 5. The van der Waals surface area contributed by atoms with Crippen LogP contribution in [0.1, 0.15) is 59.7 Å². The predicted molar refractivity (Wildman–Crippen MR) is 207 cm³/mol. The van der Waals surface area contributed by atoms with Crippen LogP contribution in [0.15, 0.2) is 77.9 Å². The fraction of sp³-hybridized carbons (Fsp3) is 0.244. The van der Waals surface area contributed by atoms with Crippen LogP contribution in [0.3, 0.4) is 0 Å². The maximum atomic E-state index is 14.7. The third-order valence-electron chi connectivity index (χ3n) is 9.94. The van der Waals surface area contributed by atoms with Gasteiger partial charge in [0.25, 0.3) is 17.4 Å². The van der Waals surface area contributed by atoms with Crippen molar-refractivity contribution in [1.82, 2.24) is 25.1 Å². The fourth-order valence-electron chi connectivity index (χ4n) is 7.17. The lowest BCUT2D eigenvalue weighted by molar-refractivity contribution is -0.136. The Morgan fingerprint density at radius 3 is 2.48 bits per heavy atom. The average Bonchev–Trinajstić information content (AvgIpc) is 3.77. The summed E-state index contributed by atoms with van der Waals surface area (Å²) in [4.78, 5) is 93.2. The molecule has 298 valence electrons. The molecule has 5 N–H and O–H groups in total. The van der Waals surface area contributed by atoms with Crippen LogP contribution in [0.2, 0.25) is 0 Å². The largest absolute Gasteiger partial charge is 0.454 e. The highest BCUT2D eigenvalue weighted by Crippen LogP contribution is 2.39. The minimum atomic E-state index is -1.10. The molecule has 1 saturated heterocycles. The Bertz CT molecular complexity index is 2590. The lowest BCUT2D eigenvalue weighted by atomic mass is 10.0. The summed E-state index contributed by atoms with van der Waals surface area (Å²) in [5, 5.41) is 11.4. The molecule has 1 fully saturated rings. The van der Waals surface area contributed by atoms with Crippen LogP contribution >= 0.6 is 0 Å². The van der Waals surface area contributed by atoms with Gasteiger partial charge in [0.1, 0.15) is 29.2 Å². The summed E-state index contributed by atoms with van der Waals surface area (Å²) in [6.07, 6.45) is 4.37. The third-order valence-corrected chi connectivity index (χ3v) is 9.94. The quantitative estimate of drug-likeness (QED) is 0.0826. The van der Waals surface area contributed by atoms with Crippen molar-refractivity contribution in [3.63, 3.8) is 0 Å². The van der Waals surface area contributed by atoms with Crippen molar-refractivity contribution in [3.05, 3.63) is 106 Å². The van der Waals surface area contributed by atoms with Crippen LogP contribution in [0.25, 0.3) is 22.0 Å². The first-order valence-corrected chi connectivity index (χ1v) is 18.4. The number of ether oxygens (including phenoxy) is 1. The van der Waals surface area contributed by atoms with Crippen molar-refractivity contribution >= 4 is 57.7 Å². The van der Waals surface area contributed by atoms with Crippen LogP contribution in [-0.2, 0) is 26.2 Å². The van der Waals surface area contributed by atoms with Gasteiger partial charge in [-0.1, -0.05) is 6.07 Å². The molecule has 3 aromatic carbocycles. The van der Waals surface area contributed by atoms with E-state index >= 15 is 0 Å². The number of fused-ring (bicyclic) bond motifs is 2. The molecular weight excluding hydrogens is 756 g/mol. The number of aromatic amines is 1. The van der Waals surface area contributed by atoms with Crippen LogP contribution < -0.4 is 31.6 Å². The second-order valence-electron chi connectivity index (χ2n) is 14.0. The Labute approximate surface area is 328 Å². The van der Waals surface area contributed by atoms with Gasteiger partial charge in [0, 0.05) is 73.3 Å². The number of carbonyl (C=O) groups is 6. The molecule has 0 aliphatic carbocycles. The molecule has 58 heavy (non-hydrogen) atoms. The number of pyridine rings is 1. The molecule has 0 bridgehead atoms. The van der Waals surface area contributed by atoms with E-state index in [-0.39, 0.29) is 47.4 Å². The highest BCUT2D eigenvalue weighted by atomic mass is 19.1. The minimum absolute atomic E-state index is 0.00403. The first-order chi connectivity index (χ1) is 27.8. The minimum Gasteiger partial charge on any atom is -0.454 e. The second kappa shape index (κ2) is 16.1. The van der Waals surface area contributed by atoms with E-state index in [1.54, 1.807) is 43.7 Å². The number of aryl methyl sites for hydroxylation is 1. The van der Waals surface area contributed by atoms with E-state index in [0.29, 0.717) is 58.9 Å². The number of halogens is 2. The summed E-state index contributed by atoms with van der Waals surface area (Å²) in [5.41, 5.74) is 1.85. The van der Waals surface area contributed by atoms with Gasteiger partial charge < -0.3 is 30.2 Å². The van der Waals surface area contributed by atoms with Gasteiger partial charge in [0.2, 0.25) is 23.6 Å². The smallest absolute Gasteiger partial charge is 0.274 e. The number of hydrogen-bond donors (Lipinski definition) is 5. The van der Waals surface area contributed by atoms with Gasteiger partial charge in [-0.3, -0.25) is 43.8 Å². The standard InChI is InChI=1S/C41H37F2N7O8/c1-21(51)46-30(7-3-4-16-44-29-8-5-6-25-35(29)40(56)50(39(25)55)31-11-14-34(52)48-38(31)54)37(53)47-23-10-13-32(58-33-12-9-22(42)18-28(33)43)26(19-23)27-20-49(2)41(57)36-24(27)15-17-45-36/h5-6,8-10,12-13,15,17-20,30-31,44-45H,3-4,7,11,14,16H2,1-2H3,(H,46,51)(H,47,53)(H,48,52,54). The molecule has 0 spiro atoms. The number of rotatable bonds is 13. The molecule has 2 aliphatic rings. The number of imide groups is 2. The summed E-state index contributed by atoms with van der Waals surface area (Å²) in [6, 6.07) is 11.9. The van der Waals surface area contributed by atoms with Crippen LogP contribution in [0, 0.1) is 11.6 Å². The van der Waals surface area contributed by atoms with E-state index in [2.05, 4.69) is 26.3 Å². The summed E-state index contributed by atoms with van der Waals surface area (Å²) < 4.78 is 35.6. The normalized spacial score (nSPS) is 15.6. The Kier molecular flexibility index (Phi) is 10.9. The zero-order valence-electron chi connectivity index (χ0n) is 31.2. The van der Waals surface area contributed by atoms with Gasteiger partial charge in [-0.2, -0.15) is 0 Å². The first-order valence-electron chi connectivity index (χ1n) is 18.4. The summed E-state index contributed by atoms with van der Waals surface area (Å²) in [7, 11) is 1.57. The van der Waals surface area contributed by atoms with Crippen molar-refractivity contribution in [3.8, 4) is 22.6 Å². The Hall–Kier alpha value is -7.17. The molecule has 15 nitrogen and oxygen atoms in total. The summed E-state index contributed by atoms with van der Waals surface area (Å²) >= 11 is 0. The number of aromatic nitrogens is 2. The van der Waals surface area contributed by atoms with E-state index in [9.17, 15) is 42.3 Å². The zero-order valence-corrected chi connectivity index (χ0v) is 31.2. The lowest BCUT2D eigenvalue weighted by Crippen LogP contribution is -2.54. The fourth-order valence-corrected chi connectivity index (χ4v) is 7.17. The van der Waals surface area contributed by atoms with E-state index in [1.165, 1.54) is 29.7 Å². The Morgan fingerprint density at radius 1 is 0.931 bits per heavy atom.